The number of carbonyl (C=O) groups is 1. The summed E-state index contributed by atoms with van der Waals surface area (Å²) in [6, 6.07) is 11.1. The Morgan fingerprint density at radius 2 is 2.05 bits per heavy atom. The first-order valence-electron chi connectivity index (χ1n) is 6.52. The van der Waals surface area contributed by atoms with Crippen molar-refractivity contribution in [3.05, 3.63) is 59.4 Å². The second-order valence-corrected chi connectivity index (χ2v) is 4.87. The second-order valence-electron chi connectivity index (χ2n) is 4.87. The number of aromatic carboxylic acids is 1. The predicted octanol–water partition coefficient (Wildman–Crippen LogP) is 3.44. The van der Waals surface area contributed by atoms with E-state index in [1.165, 1.54) is 4.40 Å². The SMILES string of the molecule is Cc1ccc(C)c(Oc2nc3ccccn3c2C(=O)O)c1. The molecule has 5 nitrogen and oxygen atoms in total. The molecule has 3 rings (SSSR count). The summed E-state index contributed by atoms with van der Waals surface area (Å²) in [6.07, 6.45) is 1.65. The van der Waals surface area contributed by atoms with Crippen LogP contribution in [0, 0.1) is 13.8 Å². The molecule has 2 heterocycles. The van der Waals surface area contributed by atoms with Gasteiger partial charge >= 0.3 is 5.97 Å². The fourth-order valence-corrected chi connectivity index (χ4v) is 2.16. The number of hydrogen-bond donors (Lipinski definition) is 1. The topological polar surface area (TPSA) is 63.8 Å². The number of rotatable bonds is 3. The lowest BCUT2D eigenvalue weighted by Gasteiger charge is -2.07. The van der Waals surface area contributed by atoms with Crippen molar-refractivity contribution in [2.45, 2.75) is 13.8 Å². The van der Waals surface area contributed by atoms with E-state index in [0.717, 1.165) is 11.1 Å². The van der Waals surface area contributed by atoms with Crippen LogP contribution in [0.15, 0.2) is 42.6 Å². The van der Waals surface area contributed by atoms with Crippen LogP contribution in [0.25, 0.3) is 5.65 Å². The van der Waals surface area contributed by atoms with Crippen molar-refractivity contribution in [3.8, 4) is 11.6 Å². The van der Waals surface area contributed by atoms with E-state index in [-0.39, 0.29) is 11.6 Å². The molecule has 5 heteroatoms. The maximum Gasteiger partial charge on any atom is 0.358 e. The molecular formula is C16H14N2O3. The molecule has 0 saturated heterocycles. The average molecular weight is 282 g/mol. The second kappa shape index (κ2) is 4.94. The minimum atomic E-state index is -1.07. The van der Waals surface area contributed by atoms with Crippen LogP contribution in [0.4, 0.5) is 0 Å². The quantitative estimate of drug-likeness (QED) is 0.799. The van der Waals surface area contributed by atoms with Gasteiger partial charge in [-0.3, -0.25) is 4.40 Å². The largest absolute Gasteiger partial charge is 0.476 e. The molecule has 1 aromatic carbocycles. The number of benzene rings is 1. The van der Waals surface area contributed by atoms with E-state index in [1.807, 2.05) is 32.0 Å². The maximum atomic E-state index is 11.5. The van der Waals surface area contributed by atoms with Gasteiger partial charge in [-0.2, -0.15) is 4.98 Å². The summed E-state index contributed by atoms with van der Waals surface area (Å²) in [4.78, 5) is 15.8. The van der Waals surface area contributed by atoms with Crippen LogP contribution in [0.2, 0.25) is 0 Å². The molecule has 0 bridgehead atoms. The van der Waals surface area contributed by atoms with Crippen molar-refractivity contribution in [3.63, 3.8) is 0 Å². The number of pyridine rings is 1. The Morgan fingerprint density at radius 3 is 2.81 bits per heavy atom. The van der Waals surface area contributed by atoms with Gasteiger partial charge in [0.2, 0.25) is 0 Å². The minimum absolute atomic E-state index is 0.0199. The van der Waals surface area contributed by atoms with Crippen LogP contribution < -0.4 is 4.74 Å². The van der Waals surface area contributed by atoms with Gasteiger partial charge in [0.05, 0.1) is 0 Å². The normalized spacial score (nSPS) is 10.8. The summed E-state index contributed by atoms with van der Waals surface area (Å²) in [5, 5.41) is 9.41. The summed E-state index contributed by atoms with van der Waals surface area (Å²) in [7, 11) is 0. The molecule has 0 unspecified atom stereocenters. The number of hydrogen-bond acceptors (Lipinski definition) is 3. The van der Waals surface area contributed by atoms with Gasteiger partial charge in [-0.1, -0.05) is 18.2 Å². The Balaban J connectivity index is 2.14. The molecule has 0 aliphatic rings. The van der Waals surface area contributed by atoms with Crippen LogP contribution in [-0.4, -0.2) is 20.5 Å². The molecule has 0 aliphatic carbocycles. The molecule has 0 atom stereocenters. The summed E-state index contributed by atoms with van der Waals surface area (Å²) >= 11 is 0. The van der Waals surface area contributed by atoms with Crippen molar-refractivity contribution in [2.75, 3.05) is 0 Å². The van der Waals surface area contributed by atoms with E-state index in [4.69, 9.17) is 4.74 Å². The fourth-order valence-electron chi connectivity index (χ4n) is 2.16. The molecule has 2 aromatic heterocycles. The number of imidazole rings is 1. The van der Waals surface area contributed by atoms with E-state index in [1.54, 1.807) is 24.4 Å². The molecule has 21 heavy (non-hydrogen) atoms. The molecule has 0 radical (unpaired) electrons. The first kappa shape index (κ1) is 13.2. The van der Waals surface area contributed by atoms with Gasteiger partial charge in [-0.25, -0.2) is 4.79 Å². The number of nitrogens with zero attached hydrogens (tertiary/aromatic N) is 2. The summed E-state index contributed by atoms with van der Waals surface area (Å²) < 4.78 is 7.26. The summed E-state index contributed by atoms with van der Waals surface area (Å²) in [6.45, 7) is 3.86. The molecule has 3 aromatic rings. The first-order valence-corrected chi connectivity index (χ1v) is 6.52. The standard InChI is InChI=1S/C16H14N2O3/c1-10-6-7-11(2)12(9-10)21-15-14(16(19)20)18-8-4-3-5-13(18)17-15/h3-9H,1-2H3,(H,19,20). The predicted molar refractivity (Wildman–Crippen MR) is 78.1 cm³/mol. The zero-order valence-electron chi connectivity index (χ0n) is 11.7. The highest BCUT2D eigenvalue weighted by atomic mass is 16.5. The lowest BCUT2D eigenvalue weighted by Crippen LogP contribution is -2.03. The third-order valence-electron chi connectivity index (χ3n) is 3.25. The van der Waals surface area contributed by atoms with Gasteiger partial charge in [-0.15, -0.1) is 0 Å². The fraction of sp³-hybridized carbons (Fsp3) is 0.125. The Kier molecular flexibility index (Phi) is 3.10. The molecular weight excluding hydrogens is 268 g/mol. The lowest BCUT2D eigenvalue weighted by atomic mass is 10.1. The van der Waals surface area contributed by atoms with Crippen molar-refractivity contribution < 1.29 is 14.6 Å². The number of carboxylic acid groups (broad SMARTS) is 1. The van der Waals surface area contributed by atoms with Gasteiger partial charge < -0.3 is 9.84 Å². The Labute approximate surface area is 121 Å². The highest BCUT2D eigenvalue weighted by Crippen LogP contribution is 2.28. The number of fused-ring (bicyclic) bond motifs is 1. The Bertz CT molecular complexity index is 837. The van der Waals surface area contributed by atoms with Crippen LogP contribution in [0.1, 0.15) is 21.6 Å². The monoisotopic (exact) mass is 282 g/mol. The van der Waals surface area contributed by atoms with Crippen LogP contribution in [0.3, 0.4) is 0 Å². The highest BCUT2D eigenvalue weighted by Gasteiger charge is 2.20. The molecule has 1 N–H and O–H groups in total. The van der Waals surface area contributed by atoms with Gasteiger partial charge in [0.25, 0.3) is 5.88 Å². The molecule has 0 amide bonds. The Morgan fingerprint density at radius 1 is 1.24 bits per heavy atom. The molecule has 0 aliphatic heterocycles. The van der Waals surface area contributed by atoms with E-state index in [9.17, 15) is 9.90 Å². The summed E-state index contributed by atoms with van der Waals surface area (Å²) in [5.41, 5.74) is 2.52. The Hall–Kier alpha value is -2.82. The molecule has 0 saturated carbocycles. The number of aromatic nitrogens is 2. The number of ether oxygens (including phenoxy) is 1. The van der Waals surface area contributed by atoms with E-state index in [2.05, 4.69) is 4.98 Å². The van der Waals surface area contributed by atoms with E-state index >= 15 is 0 Å². The third-order valence-corrected chi connectivity index (χ3v) is 3.25. The van der Waals surface area contributed by atoms with Gasteiger partial charge in [-0.05, 0) is 43.2 Å². The van der Waals surface area contributed by atoms with Crippen molar-refractivity contribution in [1.82, 2.24) is 9.38 Å². The number of aryl methyl sites for hydroxylation is 2. The van der Waals surface area contributed by atoms with Crippen LogP contribution in [0.5, 0.6) is 11.6 Å². The van der Waals surface area contributed by atoms with Crippen LogP contribution in [-0.2, 0) is 0 Å². The van der Waals surface area contributed by atoms with Gasteiger partial charge in [0.15, 0.2) is 5.69 Å². The van der Waals surface area contributed by atoms with Crippen molar-refractivity contribution in [2.24, 2.45) is 0 Å². The van der Waals surface area contributed by atoms with Crippen LogP contribution >= 0.6 is 0 Å². The van der Waals surface area contributed by atoms with E-state index in [0.29, 0.717) is 11.4 Å². The first-order chi connectivity index (χ1) is 10.1. The van der Waals surface area contributed by atoms with Crippen molar-refractivity contribution in [1.29, 1.82) is 0 Å². The highest BCUT2D eigenvalue weighted by molar-refractivity contribution is 5.90. The van der Waals surface area contributed by atoms with Gasteiger partial charge in [0, 0.05) is 6.20 Å². The van der Waals surface area contributed by atoms with Gasteiger partial charge in [0.1, 0.15) is 11.4 Å². The molecule has 0 fully saturated rings. The zero-order valence-corrected chi connectivity index (χ0v) is 11.7. The van der Waals surface area contributed by atoms with E-state index < -0.39 is 5.97 Å². The average Bonchev–Trinajstić information content (AvgIpc) is 2.80. The zero-order chi connectivity index (χ0) is 15.0. The number of carboxylic acids is 1. The lowest BCUT2D eigenvalue weighted by molar-refractivity contribution is 0.0686. The molecule has 0 spiro atoms. The third kappa shape index (κ3) is 2.33. The minimum Gasteiger partial charge on any atom is -0.476 e. The summed E-state index contributed by atoms with van der Waals surface area (Å²) in [5.74, 6) is -0.364. The van der Waals surface area contributed by atoms with Crippen molar-refractivity contribution >= 4 is 11.6 Å². The maximum absolute atomic E-state index is 11.5. The smallest absolute Gasteiger partial charge is 0.358 e. The molecule has 106 valence electrons.